The Morgan fingerprint density at radius 2 is 2.05 bits per heavy atom. The van der Waals surface area contributed by atoms with Crippen LogP contribution in [0.1, 0.15) is 49.4 Å². The highest BCUT2D eigenvalue weighted by Crippen LogP contribution is 2.26. The molecule has 0 radical (unpaired) electrons. The van der Waals surface area contributed by atoms with Gasteiger partial charge in [0, 0.05) is 11.7 Å². The fourth-order valence-corrected chi connectivity index (χ4v) is 2.75. The molecule has 1 amide bonds. The SMILES string of the molecule is C[C@@H](NC(=O)c1ccc(N)cc1F)C1CCCCC1. The van der Waals surface area contributed by atoms with Crippen molar-refractivity contribution in [3.63, 3.8) is 0 Å². The van der Waals surface area contributed by atoms with Gasteiger partial charge in [-0.25, -0.2) is 4.39 Å². The molecule has 19 heavy (non-hydrogen) atoms. The molecule has 1 aromatic carbocycles. The fourth-order valence-electron chi connectivity index (χ4n) is 2.75. The molecular weight excluding hydrogens is 243 g/mol. The Balaban J connectivity index is 1.99. The van der Waals surface area contributed by atoms with E-state index in [0.29, 0.717) is 11.6 Å². The Bertz CT molecular complexity index is 455. The second-order valence-electron chi connectivity index (χ2n) is 5.40. The Labute approximate surface area is 113 Å². The van der Waals surface area contributed by atoms with E-state index in [2.05, 4.69) is 5.32 Å². The van der Waals surface area contributed by atoms with Crippen LogP contribution in [0.15, 0.2) is 18.2 Å². The number of halogens is 1. The van der Waals surface area contributed by atoms with Crippen molar-refractivity contribution in [2.24, 2.45) is 5.92 Å². The number of carbonyl (C=O) groups excluding carboxylic acids is 1. The number of amides is 1. The highest BCUT2D eigenvalue weighted by atomic mass is 19.1. The van der Waals surface area contributed by atoms with E-state index < -0.39 is 5.82 Å². The van der Waals surface area contributed by atoms with Gasteiger partial charge in [0.05, 0.1) is 5.56 Å². The average Bonchev–Trinajstić information content (AvgIpc) is 2.39. The number of rotatable bonds is 3. The van der Waals surface area contributed by atoms with Crippen molar-refractivity contribution in [3.05, 3.63) is 29.6 Å². The van der Waals surface area contributed by atoms with Gasteiger partial charge in [0.15, 0.2) is 0 Å². The smallest absolute Gasteiger partial charge is 0.254 e. The summed E-state index contributed by atoms with van der Waals surface area (Å²) >= 11 is 0. The number of anilines is 1. The van der Waals surface area contributed by atoms with Crippen molar-refractivity contribution in [1.29, 1.82) is 0 Å². The van der Waals surface area contributed by atoms with E-state index in [1.807, 2.05) is 6.92 Å². The van der Waals surface area contributed by atoms with E-state index in [0.717, 1.165) is 12.8 Å². The maximum Gasteiger partial charge on any atom is 0.254 e. The first-order valence-corrected chi connectivity index (χ1v) is 6.94. The van der Waals surface area contributed by atoms with Gasteiger partial charge in [0.1, 0.15) is 5.82 Å². The monoisotopic (exact) mass is 264 g/mol. The normalized spacial score (nSPS) is 18.0. The summed E-state index contributed by atoms with van der Waals surface area (Å²) < 4.78 is 13.7. The minimum absolute atomic E-state index is 0.0665. The maximum atomic E-state index is 13.7. The van der Waals surface area contributed by atoms with Gasteiger partial charge in [0.25, 0.3) is 5.91 Å². The summed E-state index contributed by atoms with van der Waals surface area (Å²) in [5, 5.41) is 2.91. The molecule has 104 valence electrons. The number of nitrogen functional groups attached to an aromatic ring is 1. The largest absolute Gasteiger partial charge is 0.399 e. The van der Waals surface area contributed by atoms with Gasteiger partial charge in [-0.2, -0.15) is 0 Å². The molecule has 0 bridgehead atoms. The zero-order valence-electron chi connectivity index (χ0n) is 11.3. The number of nitrogens with two attached hydrogens (primary N) is 1. The minimum Gasteiger partial charge on any atom is -0.399 e. The molecule has 0 aliphatic heterocycles. The van der Waals surface area contributed by atoms with Crippen LogP contribution >= 0.6 is 0 Å². The molecule has 3 N–H and O–H groups in total. The molecule has 0 saturated heterocycles. The van der Waals surface area contributed by atoms with E-state index >= 15 is 0 Å². The van der Waals surface area contributed by atoms with Crippen molar-refractivity contribution in [2.75, 3.05) is 5.73 Å². The Morgan fingerprint density at radius 3 is 2.68 bits per heavy atom. The van der Waals surface area contributed by atoms with Gasteiger partial charge < -0.3 is 11.1 Å². The summed E-state index contributed by atoms with van der Waals surface area (Å²) in [6, 6.07) is 4.25. The molecule has 3 nitrogen and oxygen atoms in total. The topological polar surface area (TPSA) is 55.1 Å². The average molecular weight is 264 g/mol. The molecule has 1 aliphatic rings. The molecule has 1 atom stereocenters. The van der Waals surface area contributed by atoms with Gasteiger partial charge in [-0.15, -0.1) is 0 Å². The third-order valence-electron chi connectivity index (χ3n) is 3.95. The van der Waals surface area contributed by atoms with Gasteiger partial charge in [-0.1, -0.05) is 19.3 Å². The van der Waals surface area contributed by atoms with Crippen molar-refractivity contribution >= 4 is 11.6 Å². The van der Waals surface area contributed by atoms with Crippen LogP contribution in [-0.2, 0) is 0 Å². The molecule has 1 aliphatic carbocycles. The number of nitrogens with one attached hydrogen (secondary N) is 1. The Hall–Kier alpha value is -1.58. The summed E-state index contributed by atoms with van der Waals surface area (Å²) in [6.45, 7) is 2.00. The van der Waals surface area contributed by atoms with Crippen LogP contribution in [0.2, 0.25) is 0 Å². The predicted molar refractivity (Wildman–Crippen MR) is 74.3 cm³/mol. The minimum atomic E-state index is -0.562. The molecule has 0 aromatic heterocycles. The summed E-state index contributed by atoms with van der Waals surface area (Å²) in [5.74, 6) is -0.404. The van der Waals surface area contributed by atoms with Crippen LogP contribution in [0.4, 0.5) is 10.1 Å². The summed E-state index contributed by atoms with van der Waals surface area (Å²) in [7, 11) is 0. The lowest BCUT2D eigenvalue weighted by Gasteiger charge is -2.28. The first-order valence-electron chi connectivity index (χ1n) is 6.94. The molecule has 1 fully saturated rings. The third-order valence-corrected chi connectivity index (χ3v) is 3.95. The second kappa shape index (κ2) is 6.04. The lowest BCUT2D eigenvalue weighted by Crippen LogP contribution is -2.39. The highest BCUT2D eigenvalue weighted by molar-refractivity contribution is 5.95. The fraction of sp³-hybridized carbons (Fsp3) is 0.533. The highest BCUT2D eigenvalue weighted by Gasteiger charge is 2.22. The lowest BCUT2D eigenvalue weighted by molar-refractivity contribution is 0.0915. The molecule has 0 heterocycles. The number of hydrogen-bond donors (Lipinski definition) is 2. The van der Waals surface area contributed by atoms with E-state index in [9.17, 15) is 9.18 Å². The first kappa shape index (κ1) is 13.8. The van der Waals surface area contributed by atoms with Crippen LogP contribution in [0.25, 0.3) is 0 Å². The second-order valence-corrected chi connectivity index (χ2v) is 5.40. The summed E-state index contributed by atoms with van der Waals surface area (Å²) in [5.41, 5.74) is 5.87. The van der Waals surface area contributed by atoms with Crippen LogP contribution < -0.4 is 11.1 Å². The zero-order chi connectivity index (χ0) is 13.8. The van der Waals surface area contributed by atoms with Crippen molar-refractivity contribution in [2.45, 2.75) is 45.1 Å². The number of hydrogen-bond acceptors (Lipinski definition) is 2. The van der Waals surface area contributed by atoms with E-state index in [1.165, 1.54) is 31.4 Å². The van der Waals surface area contributed by atoms with Crippen LogP contribution in [-0.4, -0.2) is 11.9 Å². The standard InChI is InChI=1S/C15H21FN2O/c1-10(11-5-3-2-4-6-11)18-15(19)13-8-7-12(17)9-14(13)16/h7-11H,2-6,17H2,1H3,(H,18,19)/t10-/m1/s1. The van der Waals surface area contributed by atoms with Crippen LogP contribution in [0.3, 0.4) is 0 Å². The molecule has 0 spiro atoms. The van der Waals surface area contributed by atoms with E-state index in [-0.39, 0.29) is 17.5 Å². The van der Waals surface area contributed by atoms with Gasteiger partial charge in [0.2, 0.25) is 0 Å². The molecular formula is C15H21FN2O. The lowest BCUT2D eigenvalue weighted by atomic mass is 9.84. The van der Waals surface area contributed by atoms with E-state index in [4.69, 9.17) is 5.73 Å². The Morgan fingerprint density at radius 1 is 1.37 bits per heavy atom. The quantitative estimate of drug-likeness (QED) is 0.824. The maximum absolute atomic E-state index is 13.7. The van der Waals surface area contributed by atoms with Crippen LogP contribution in [0.5, 0.6) is 0 Å². The van der Waals surface area contributed by atoms with Crippen LogP contribution in [0, 0.1) is 11.7 Å². The molecule has 0 unspecified atom stereocenters. The van der Waals surface area contributed by atoms with Crippen molar-refractivity contribution in [3.8, 4) is 0 Å². The van der Waals surface area contributed by atoms with Gasteiger partial charge in [-0.3, -0.25) is 4.79 Å². The Kier molecular flexibility index (Phi) is 4.40. The summed E-state index contributed by atoms with van der Waals surface area (Å²) in [4.78, 5) is 12.0. The third kappa shape index (κ3) is 3.46. The van der Waals surface area contributed by atoms with Crippen molar-refractivity contribution < 1.29 is 9.18 Å². The van der Waals surface area contributed by atoms with E-state index in [1.54, 1.807) is 6.07 Å². The van der Waals surface area contributed by atoms with Gasteiger partial charge in [-0.05, 0) is 43.9 Å². The van der Waals surface area contributed by atoms with Gasteiger partial charge >= 0.3 is 0 Å². The first-order chi connectivity index (χ1) is 9.08. The zero-order valence-corrected chi connectivity index (χ0v) is 11.3. The number of benzene rings is 1. The van der Waals surface area contributed by atoms with Crippen molar-refractivity contribution in [1.82, 2.24) is 5.32 Å². The molecule has 2 rings (SSSR count). The molecule has 1 aromatic rings. The molecule has 1 saturated carbocycles. The number of carbonyl (C=O) groups is 1. The summed E-state index contributed by atoms with van der Waals surface area (Å²) in [6.07, 6.45) is 6.02. The molecule has 4 heteroatoms. The predicted octanol–water partition coefficient (Wildman–Crippen LogP) is 3.11.